The molecule has 0 aliphatic heterocycles. The molecule has 2 aliphatic carbocycles. The quantitative estimate of drug-likeness (QED) is 0.177. The van der Waals surface area contributed by atoms with Gasteiger partial charge in [0.2, 0.25) is 0 Å². The van der Waals surface area contributed by atoms with E-state index in [-0.39, 0.29) is 5.41 Å². The third-order valence-corrected chi connectivity index (χ3v) is 11.7. The van der Waals surface area contributed by atoms with Crippen molar-refractivity contribution < 1.29 is 9.35 Å². The van der Waals surface area contributed by atoms with Gasteiger partial charge in [-0.1, -0.05) is 126 Å². The van der Waals surface area contributed by atoms with Crippen molar-refractivity contribution in [2.24, 2.45) is 57.5 Å². The standard InChI is InChI=1S/C26H51N.C10H18OS.C2H6.CH2O/c1-8-15-26(7)22(13-14-23(26)20(4)18-27)19(3)17-21(9-2)24-12-10-11-16-25(24,5)6;1-8(10(3,4)5)6-7-9(2)12-11;2*1-2/h19-24H,8-18,27H2,1-7H3;6-7,11H,1-5H3;1-2H3;1H2/b;8-6+,9-7+;;/t19?,20-,21+,22?,23?,24?,26?;;;/m1.../s1. The number of nitrogens with two attached hydrogens (primary N) is 1. The molecule has 5 unspecified atom stereocenters. The number of rotatable bonds is 11. The van der Waals surface area contributed by atoms with E-state index in [0.717, 1.165) is 53.1 Å². The molecule has 2 aliphatic rings. The molecule has 0 saturated heterocycles. The second kappa shape index (κ2) is 22.0. The van der Waals surface area contributed by atoms with E-state index in [1.165, 1.54) is 69.8 Å². The Kier molecular flexibility index (Phi) is 22.8. The maximum Gasteiger partial charge on any atom is 0.106 e. The SMILES string of the molecule is C/C(=C\C=C(/C)C(C)(C)C)SO.C=O.CC.CCCC1(C)C(C(C)C[C@H](CC)C2CCCCC2(C)C)CCC1[C@H](C)CN. The van der Waals surface area contributed by atoms with Crippen LogP contribution in [-0.4, -0.2) is 17.9 Å². The first kappa shape index (κ1) is 44.5. The molecule has 0 aromatic heterocycles. The summed E-state index contributed by atoms with van der Waals surface area (Å²) in [4.78, 5) is 8.92. The predicted molar refractivity (Wildman–Crippen MR) is 196 cm³/mol. The van der Waals surface area contributed by atoms with Crippen LogP contribution < -0.4 is 5.73 Å². The van der Waals surface area contributed by atoms with E-state index in [1.54, 1.807) is 0 Å². The second-order valence-corrected chi connectivity index (χ2v) is 16.3. The summed E-state index contributed by atoms with van der Waals surface area (Å²) in [5, 5.41) is 0. The lowest BCUT2D eigenvalue weighted by molar-refractivity contribution is -0.0980. The highest BCUT2D eigenvalue weighted by Crippen LogP contribution is 2.57. The highest BCUT2D eigenvalue weighted by atomic mass is 32.2. The van der Waals surface area contributed by atoms with Gasteiger partial charge in [0.05, 0.1) is 0 Å². The first-order chi connectivity index (χ1) is 20.1. The van der Waals surface area contributed by atoms with E-state index in [0.29, 0.717) is 16.7 Å². The molecule has 43 heavy (non-hydrogen) atoms. The van der Waals surface area contributed by atoms with Gasteiger partial charge in [-0.15, -0.1) is 0 Å². The molecule has 256 valence electrons. The van der Waals surface area contributed by atoms with E-state index in [1.807, 2.05) is 33.6 Å². The fraction of sp³-hybridized carbons (Fsp3) is 0.872. The smallest absolute Gasteiger partial charge is 0.106 e. The van der Waals surface area contributed by atoms with Crippen molar-refractivity contribution in [3.05, 3.63) is 22.6 Å². The summed E-state index contributed by atoms with van der Waals surface area (Å²) in [6.07, 6.45) is 18.2. The minimum atomic E-state index is 0.219. The zero-order chi connectivity index (χ0) is 34.0. The summed E-state index contributed by atoms with van der Waals surface area (Å²) < 4.78 is 8.67. The van der Waals surface area contributed by atoms with Crippen LogP contribution in [0.3, 0.4) is 0 Å². The minimum Gasteiger partial charge on any atom is -0.330 e. The van der Waals surface area contributed by atoms with Crippen LogP contribution in [0.5, 0.6) is 0 Å². The highest BCUT2D eigenvalue weighted by Gasteiger charge is 2.49. The summed E-state index contributed by atoms with van der Waals surface area (Å²) in [5.41, 5.74) is 8.72. The Balaban J connectivity index is 0. The molecule has 0 aromatic carbocycles. The van der Waals surface area contributed by atoms with Gasteiger partial charge in [0.25, 0.3) is 0 Å². The van der Waals surface area contributed by atoms with Gasteiger partial charge in [0.15, 0.2) is 0 Å². The topological polar surface area (TPSA) is 63.3 Å². The van der Waals surface area contributed by atoms with Crippen LogP contribution in [0.15, 0.2) is 22.6 Å². The second-order valence-electron chi connectivity index (χ2n) is 15.4. The number of carbonyl (C=O) groups is 1. The van der Waals surface area contributed by atoms with Crippen LogP contribution in [0.1, 0.15) is 161 Å². The molecule has 4 heteroatoms. The van der Waals surface area contributed by atoms with Gasteiger partial charge in [-0.3, -0.25) is 0 Å². The lowest BCUT2D eigenvalue weighted by Gasteiger charge is -2.46. The summed E-state index contributed by atoms with van der Waals surface area (Å²) in [5.74, 6) is 5.14. The molecule has 3 N–H and O–H groups in total. The first-order valence-electron chi connectivity index (χ1n) is 17.7. The molecule has 7 atom stereocenters. The molecule has 0 radical (unpaired) electrons. The molecule has 0 amide bonds. The highest BCUT2D eigenvalue weighted by molar-refractivity contribution is 7.97. The summed E-state index contributed by atoms with van der Waals surface area (Å²) in [6.45, 7) is 35.0. The minimum absolute atomic E-state index is 0.219. The van der Waals surface area contributed by atoms with Crippen molar-refractivity contribution >= 4 is 18.8 Å². The largest absolute Gasteiger partial charge is 0.330 e. The van der Waals surface area contributed by atoms with Crippen LogP contribution in [0.2, 0.25) is 0 Å². The van der Waals surface area contributed by atoms with Gasteiger partial charge in [-0.05, 0) is 111 Å². The lowest BCUT2D eigenvalue weighted by Crippen LogP contribution is -2.39. The zero-order valence-corrected chi connectivity index (χ0v) is 32.3. The molecular weight excluding hydrogens is 547 g/mol. The molecule has 0 spiro atoms. The third kappa shape index (κ3) is 14.2. The van der Waals surface area contributed by atoms with Crippen LogP contribution >= 0.6 is 12.0 Å². The predicted octanol–water partition coefficient (Wildman–Crippen LogP) is 12.6. The molecule has 0 aromatic rings. The molecular formula is C39H77NO2S. The maximum absolute atomic E-state index is 8.67. The maximum atomic E-state index is 8.67. The fourth-order valence-corrected chi connectivity index (χ4v) is 8.54. The summed E-state index contributed by atoms with van der Waals surface area (Å²) in [6, 6.07) is 0. The number of hydrogen-bond acceptors (Lipinski definition) is 4. The molecule has 2 fully saturated rings. The summed E-state index contributed by atoms with van der Waals surface area (Å²) in [7, 11) is 0. The van der Waals surface area contributed by atoms with Gasteiger partial charge in [0.1, 0.15) is 6.79 Å². The zero-order valence-electron chi connectivity index (χ0n) is 31.4. The van der Waals surface area contributed by atoms with E-state index in [9.17, 15) is 0 Å². The van der Waals surface area contributed by atoms with Crippen molar-refractivity contribution in [2.45, 2.75) is 161 Å². The Bertz CT molecular complexity index is 783. The first-order valence-corrected chi connectivity index (χ1v) is 18.5. The van der Waals surface area contributed by atoms with Crippen LogP contribution in [0, 0.1) is 51.8 Å². The van der Waals surface area contributed by atoms with E-state index in [2.05, 4.69) is 82.2 Å². The van der Waals surface area contributed by atoms with Crippen LogP contribution in [0.25, 0.3) is 0 Å². The van der Waals surface area contributed by atoms with Crippen LogP contribution in [0.4, 0.5) is 0 Å². The van der Waals surface area contributed by atoms with Crippen molar-refractivity contribution in [1.82, 2.24) is 0 Å². The Morgan fingerprint density at radius 3 is 1.91 bits per heavy atom. The van der Waals surface area contributed by atoms with E-state index < -0.39 is 0 Å². The van der Waals surface area contributed by atoms with Gasteiger partial charge >= 0.3 is 0 Å². The number of allylic oxidation sites excluding steroid dienone is 4. The van der Waals surface area contributed by atoms with Crippen molar-refractivity contribution in [1.29, 1.82) is 0 Å². The van der Waals surface area contributed by atoms with E-state index >= 15 is 0 Å². The van der Waals surface area contributed by atoms with Crippen LogP contribution in [-0.2, 0) is 4.79 Å². The van der Waals surface area contributed by atoms with Crippen molar-refractivity contribution in [3.63, 3.8) is 0 Å². The monoisotopic (exact) mass is 624 g/mol. The number of hydrogen-bond donors (Lipinski definition) is 2. The normalized spacial score (nSPS) is 27.8. The average molecular weight is 624 g/mol. The Morgan fingerprint density at radius 1 is 0.953 bits per heavy atom. The van der Waals surface area contributed by atoms with Crippen molar-refractivity contribution in [2.75, 3.05) is 6.54 Å². The molecule has 2 rings (SSSR count). The Morgan fingerprint density at radius 2 is 1.49 bits per heavy atom. The molecule has 3 nitrogen and oxygen atoms in total. The fourth-order valence-electron chi connectivity index (χ4n) is 8.41. The molecule has 0 heterocycles. The number of carbonyl (C=O) groups excluding carboxylic acids is 1. The van der Waals surface area contributed by atoms with Gasteiger partial charge in [-0.25, -0.2) is 0 Å². The molecule has 0 bridgehead atoms. The van der Waals surface area contributed by atoms with Gasteiger partial charge in [0, 0.05) is 16.9 Å². The van der Waals surface area contributed by atoms with E-state index in [4.69, 9.17) is 15.1 Å². The average Bonchev–Trinajstić information content (AvgIpc) is 3.32. The third-order valence-electron chi connectivity index (χ3n) is 11.3. The molecule has 2 saturated carbocycles. The van der Waals surface area contributed by atoms with Gasteiger partial charge < -0.3 is 15.1 Å². The summed E-state index contributed by atoms with van der Waals surface area (Å²) >= 11 is 0.794. The Labute approximate surface area is 275 Å². The van der Waals surface area contributed by atoms with Crippen molar-refractivity contribution in [3.8, 4) is 0 Å². The Hall–Kier alpha value is -0.580. The lowest BCUT2D eigenvalue weighted by atomic mass is 9.59. The van der Waals surface area contributed by atoms with Gasteiger partial charge in [-0.2, -0.15) is 0 Å².